The van der Waals surface area contributed by atoms with E-state index in [-0.39, 0.29) is 10.1 Å². The third-order valence-corrected chi connectivity index (χ3v) is 7.57. The van der Waals surface area contributed by atoms with Crippen molar-refractivity contribution in [1.82, 2.24) is 4.31 Å². The van der Waals surface area contributed by atoms with Gasteiger partial charge >= 0.3 is 0 Å². The second-order valence-electron chi connectivity index (χ2n) is 5.98. The van der Waals surface area contributed by atoms with Gasteiger partial charge in [0, 0.05) is 24.1 Å². The summed E-state index contributed by atoms with van der Waals surface area (Å²) in [5.41, 5.74) is 2.41. The van der Waals surface area contributed by atoms with E-state index in [1.54, 1.807) is 11.8 Å². The molecular formula is C18H19F2NO2S2. The van der Waals surface area contributed by atoms with E-state index in [0.717, 1.165) is 18.2 Å². The molecule has 25 heavy (non-hydrogen) atoms. The lowest BCUT2D eigenvalue weighted by atomic mass is 10.0. The van der Waals surface area contributed by atoms with Crippen LogP contribution in [0.5, 0.6) is 0 Å². The van der Waals surface area contributed by atoms with Crippen LogP contribution < -0.4 is 0 Å². The normalized spacial score (nSPS) is 19.6. The maximum absolute atomic E-state index is 13.4. The first kappa shape index (κ1) is 18.4. The number of rotatable bonds is 3. The van der Waals surface area contributed by atoms with Crippen LogP contribution in [0, 0.1) is 18.6 Å². The molecule has 134 valence electrons. The van der Waals surface area contributed by atoms with Crippen molar-refractivity contribution >= 4 is 21.8 Å². The van der Waals surface area contributed by atoms with Crippen molar-refractivity contribution in [2.45, 2.75) is 23.5 Å². The van der Waals surface area contributed by atoms with Gasteiger partial charge in [0.15, 0.2) is 11.6 Å². The van der Waals surface area contributed by atoms with E-state index in [1.807, 2.05) is 12.1 Å². The van der Waals surface area contributed by atoms with E-state index in [1.165, 1.54) is 15.4 Å². The molecule has 0 bridgehead atoms. The number of hydrogen-bond donors (Lipinski definition) is 0. The van der Waals surface area contributed by atoms with Crippen LogP contribution in [0.15, 0.2) is 47.4 Å². The van der Waals surface area contributed by atoms with E-state index in [2.05, 4.69) is 19.1 Å². The Bertz CT molecular complexity index is 871. The monoisotopic (exact) mass is 383 g/mol. The number of aryl methyl sites for hydroxylation is 1. The lowest BCUT2D eigenvalue weighted by Crippen LogP contribution is -2.33. The third kappa shape index (κ3) is 3.88. The molecule has 1 fully saturated rings. The van der Waals surface area contributed by atoms with E-state index in [4.69, 9.17) is 0 Å². The fourth-order valence-electron chi connectivity index (χ4n) is 2.97. The van der Waals surface area contributed by atoms with Crippen molar-refractivity contribution in [2.24, 2.45) is 0 Å². The minimum absolute atomic E-state index is 0.203. The molecule has 1 unspecified atom stereocenters. The first-order valence-electron chi connectivity index (χ1n) is 8.02. The molecule has 1 aliphatic rings. The van der Waals surface area contributed by atoms with Crippen molar-refractivity contribution in [3.63, 3.8) is 0 Å². The Hall–Kier alpha value is -1.44. The van der Waals surface area contributed by atoms with Crippen molar-refractivity contribution in [3.05, 3.63) is 65.2 Å². The number of halogens is 2. The molecule has 3 nitrogen and oxygen atoms in total. The number of benzene rings is 2. The minimum atomic E-state index is -3.83. The van der Waals surface area contributed by atoms with E-state index < -0.39 is 21.7 Å². The van der Waals surface area contributed by atoms with Crippen LogP contribution in [-0.4, -0.2) is 31.6 Å². The van der Waals surface area contributed by atoms with Gasteiger partial charge in [-0.1, -0.05) is 24.3 Å². The first-order chi connectivity index (χ1) is 11.9. The Morgan fingerprint density at radius 1 is 1.08 bits per heavy atom. The lowest BCUT2D eigenvalue weighted by molar-refractivity contribution is 0.426. The fourth-order valence-corrected chi connectivity index (χ4v) is 5.88. The molecular weight excluding hydrogens is 364 g/mol. The van der Waals surface area contributed by atoms with Gasteiger partial charge in [-0.25, -0.2) is 17.2 Å². The largest absolute Gasteiger partial charge is 0.243 e. The van der Waals surface area contributed by atoms with Gasteiger partial charge in [-0.3, -0.25) is 0 Å². The highest BCUT2D eigenvalue weighted by molar-refractivity contribution is 7.99. The van der Waals surface area contributed by atoms with Gasteiger partial charge in [-0.15, -0.1) is 0 Å². The average Bonchev–Trinajstić information content (AvgIpc) is 2.84. The molecule has 1 atom stereocenters. The molecule has 0 aliphatic carbocycles. The zero-order chi connectivity index (χ0) is 18.0. The molecule has 0 saturated carbocycles. The molecule has 0 radical (unpaired) electrons. The highest BCUT2D eigenvalue weighted by Crippen LogP contribution is 2.37. The van der Waals surface area contributed by atoms with Crippen LogP contribution in [0.25, 0.3) is 0 Å². The highest BCUT2D eigenvalue weighted by Gasteiger charge is 2.29. The molecule has 1 heterocycles. The number of sulfonamides is 1. The number of nitrogens with zero attached hydrogens (tertiary/aromatic N) is 1. The van der Waals surface area contributed by atoms with E-state index >= 15 is 0 Å². The second kappa shape index (κ2) is 7.43. The molecule has 1 aliphatic heterocycles. The topological polar surface area (TPSA) is 37.4 Å². The summed E-state index contributed by atoms with van der Waals surface area (Å²) in [6.07, 6.45) is 0.679. The van der Waals surface area contributed by atoms with Gasteiger partial charge in [0.25, 0.3) is 0 Å². The fraction of sp³-hybridized carbons (Fsp3) is 0.333. The number of hydrogen-bond acceptors (Lipinski definition) is 3. The molecule has 0 spiro atoms. The molecule has 0 N–H and O–H groups in total. The Labute approximate surface area is 151 Å². The third-order valence-electron chi connectivity index (χ3n) is 4.36. The van der Waals surface area contributed by atoms with Crippen molar-refractivity contribution in [3.8, 4) is 0 Å². The summed E-state index contributed by atoms with van der Waals surface area (Å²) in [6, 6.07) is 10.8. The van der Waals surface area contributed by atoms with Gasteiger partial charge in [0.2, 0.25) is 10.0 Å². The summed E-state index contributed by atoms with van der Waals surface area (Å²) < 4.78 is 53.4. The summed E-state index contributed by atoms with van der Waals surface area (Å²) in [5.74, 6) is -1.55. The van der Waals surface area contributed by atoms with Crippen LogP contribution in [0.3, 0.4) is 0 Å². The second-order valence-corrected chi connectivity index (χ2v) is 9.23. The maximum atomic E-state index is 13.4. The Morgan fingerprint density at radius 2 is 1.84 bits per heavy atom. The van der Waals surface area contributed by atoms with Crippen LogP contribution in [-0.2, 0) is 10.0 Å². The van der Waals surface area contributed by atoms with Crippen LogP contribution in [0.1, 0.15) is 22.8 Å². The summed E-state index contributed by atoms with van der Waals surface area (Å²) >= 11 is 1.73. The first-order valence-corrected chi connectivity index (χ1v) is 10.5. The summed E-state index contributed by atoms with van der Waals surface area (Å²) in [7, 11) is -3.83. The predicted molar refractivity (Wildman–Crippen MR) is 96.1 cm³/mol. The molecule has 0 aromatic heterocycles. The van der Waals surface area contributed by atoms with E-state index in [9.17, 15) is 17.2 Å². The Morgan fingerprint density at radius 3 is 2.56 bits per heavy atom. The molecule has 7 heteroatoms. The van der Waals surface area contributed by atoms with Crippen molar-refractivity contribution < 1.29 is 17.2 Å². The standard InChI is InChI=1S/C18H19F2NO2S2/c1-13-4-2-3-5-15(13)18-8-9-21(10-11-24-18)25(22,23)14-6-7-16(19)17(20)12-14/h2-7,12,18H,8-11H2,1H3. The van der Waals surface area contributed by atoms with Crippen LogP contribution in [0.2, 0.25) is 0 Å². The van der Waals surface area contributed by atoms with Crippen LogP contribution in [0.4, 0.5) is 8.78 Å². The molecule has 1 saturated heterocycles. The van der Waals surface area contributed by atoms with Gasteiger partial charge < -0.3 is 0 Å². The quantitative estimate of drug-likeness (QED) is 0.799. The summed E-state index contributed by atoms with van der Waals surface area (Å²) in [5, 5.41) is 0.228. The molecule has 0 amide bonds. The van der Waals surface area contributed by atoms with Gasteiger partial charge in [0.05, 0.1) is 4.90 Å². The molecule has 2 aromatic rings. The Balaban J connectivity index is 1.80. The van der Waals surface area contributed by atoms with Gasteiger partial charge in [-0.05, 0) is 42.7 Å². The zero-order valence-electron chi connectivity index (χ0n) is 13.8. The van der Waals surface area contributed by atoms with Crippen molar-refractivity contribution in [1.29, 1.82) is 0 Å². The molecule has 3 rings (SSSR count). The van der Waals surface area contributed by atoms with Gasteiger partial charge in [0.1, 0.15) is 0 Å². The van der Waals surface area contributed by atoms with Gasteiger partial charge in [-0.2, -0.15) is 16.1 Å². The summed E-state index contributed by atoms with van der Waals surface area (Å²) in [6.45, 7) is 2.76. The lowest BCUT2D eigenvalue weighted by Gasteiger charge is -2.20. The van der Waals surface area contributed by atoms with E-state index in [0.29, 0.717) is 25.3 Å². The van der Waals surface area contributed by atoms with Crippen LogP contribution >= 0.6 is 11.8 Å². The smallest absolute Gasteiger partial charge is 0.207 e. The number of thioether (sulfide) groups is 1. The molecule has 2 aromatic carbocycles. The average molecular weight is 383 g/mol. The highest BCUT2D eigenvalue weighted by atomic mass is 32.2. The maximum Gasteiger partial charge on any atom is 0.243 e. The summed E-state index contributed by atoms with van der Waals surface area (Å²) in [4.78, 5) is -0.203. The van der Waals surface area contributed by atoms with Crippen molar-refractivity contribution in [2.75, 3.05) is 18.8 Å². The zero-order valence-corrected chi connectivity index (χ0v) is 15.4. The minimum Gasteiger partial charge on any atom is -0.207 e. The predicted octanol–water partition coefficient (Wildman–Crippen LogP) is 4.14. The SMILES string of the molecule is Cc1ccccc1C1CCN(S(=O)(=O)c2ccc(F)c(F)c2)CCS1. The Kier molecular flexibility index (Phi) is 5.46.